The standard InChI is InChI=1S/C9H7N3OS/c10-9(13)7-3-1-2-6(12-7)8-4-14-5-11-8/h1-5H,(H2,10,13). The topological polar surface area (TPSA) is 68.9 Å². The smallest absolute Gasteiger partial charge is 0.267 e. The highest BCUT2D eigenvalue weighted by Crippen LogP contribution is 2.16. The van der Waals surface area contributed by atoms with Crippen LogP contribution in [-0.4, -0.2) is 15.9 Å². The molecule has 0 spiro atoms. The quantitative estimate of drug-likeness (QED) is 0.803. The monoisotopic (exact) mass is 205 g/mol. The van der Waals surface area contributed by atoms with Gasteiger partial charge >= 0.3 is 0 Å². The van der Waals surface area contributed by atoms with Crippen molar-refractivity contribution >= 4 is 17.2 Å². The minimum absolute atomic E-state index is 0.260. The summed E-state index contributed by atoms with van der Waals surface area (Å²) in [5.41, 5.74) is 8.52. The molecule has 0 aliphatic carbocycles. The van der Waals surface area contributed by atoms with E-state index in [4.69, 9.17) is 5.73 Å². The highest BCUT2D eigenvalue weighted by molar-refractivity contribution is 7.07. The second-order valence-electron chi connectivity index (χ2n) is 2.65. The van der Waals surface area contributed by atoms with Gasteiger partial charge in [-0.25, -0.2) is 9.97 Å². The molecule has 0 saturated carbocycles. The number of hydrogen-bond donors (Lipinski definition) is 1. The lowest BCUT2D eigenvalue weighted by Crippen LogP contribution is -2.13. The molecule has 1 amide bonds. The summed E-state index contributed by atoms with van der Waals surface area (Å²) in [7, 11) is 0. The van der Waals surface area contributed by atoms with Crippen LogP contribution in [0.15, 0.2) is 29.1 Å². The molecule has 2 heterocycles. The zero-order valence-electron chi connectivity index (χ0n) is 7.18. The van der Waals surface area contributed by atoms with Crippen molar-refractivity contribution in [2.75, 3.05) is 0 Å². The SMILES string of the molecule is NC(=O)c1cccc(-c2cscn2)n1. The summed E-state index contributed by atoms with van der Waals surface area (Å²) in [6.45, 7) is 0. The van der Waals surface area contributed by atoms with Gasteiger partial charge in [0.1, 0.15) is 5.69 Å². The zero-order chi connectivity index (χ0) is 9.97. The first kappa shape index (κ1) is 8.83. The van der Waals surface area contributed by atoms with Gasteiger partial charge in [-0.2, -0.15) is 0 Å². The molecule has 70 valence electrons. The number of hydrogen-bond acceptors (Lipinski definition) is 4. The minimum Gasteiger partial charge on any atom is -0.364 e. The fourth-order valence-corrected chi connectivity index (χ4v) is 1.60. The van der Waals surface area contributed by atoms with Crippen LogP contribution in [0.3, 0.4) is 0 Å². The number of rotatable bonds is 2. The third-order valence-electron chi connectivity index (χ3n) is 1.70. The Morgan fingerprint density at radius 1 is 1.36 bits per heavy atom. The van der Waals surface area contributed by atoms with E-state index in [9.17, 15) is 4.79 Å². The van der Waals surface area contributed by atoms with Crippen LogP contribution < -0.4 is 5.73 Å². The van der Waals surface area contributed by atoms with E-state index in [1.54, 1.807) is 23.7 Å². The van der Waals surface area contributed by atoms with Crippen LogP contribution in [0.1, 0.15) is 10.5 Å². The molecule has 14 heavy (non-hydrogen) atoms. The summed E-state index contributed by atoms with van der Waals surface area (Å²) in [5, 5.41) is 1.87. The van der Waals surface area contributed by atoms with Crippen LogP contribution >= 0.6 is 11.3 Å². The lowest BCUT2D eigenvalue weighted by molar-refractivity contribution is 0.0995. The maximum absolute atomic E-state index is 10.9. The Labute approximate surface area is 84.4 Å². The van der Waals surface area contributed by atoms with Crippen molar-refractivity contribution < 1.29 is 4.79 Å². The first-order valence-electron chi connectivity index (χ1n) is 3.93. The largest absolute Gasteiger partial charge is 0.364 e. The highest BCUT2D eigenvalue weighted by Gasteiger charge is 2.05. The van der Waals surface area contributed by atoms with E-state index < -0.39 is 5.91 Å². The van der Waals surface area contributed by atoms with Gasteiger partial charge < -0.3 is 5.73 Å². The number of nitrogens with zero attached hydrogens (tertiary/aromatic N) is 2. The number of carbonyl (C=O) groups is 1. The summed E-state index contributed by atoms with van der Waals surface area (Å²) < 4.78 is 0. The van der Waals surface area contributed by atoms with E-state index in [-0.39, 0.29) is 5.69 Å². The second-order valence-corrected chi connectivity index (χ2v) is 3.36. The maximum atomic E-state index is 10.9. The van der Waals surface area contributed by atoms with E-state index in [1.165, 1.54) is 11.3 Å². The van der Waals surface area contributed by atoms with Crippen molar-refractivity contribution in [1.82, 2.24) is 9.97 Å². The first-order valence-corrected chi connectivity index (χ1v) is 4.87. The summed E-state index contributed by atoms with van der Waals surface area (Å²) >= 11 is 1.48. The van der Waals surface area contributed by atoms with Crippen molar-refractivity contribution in [3.63, 3.8) is 0 Å². The van der Waals surface area contributed by atoms with Crippen molar-refractivity contribution in [2.45, 2.75) is 0 Å². The summed E-state index contributed by atoms with van der Waals surface area (Å²) in [5.74, 6) is -0.526. The predicted molar refractivity (Wildman–Crippen MR) is 53.9 cm³/mol. The van der Waals surface area contributed by atoms with Crippen LogP contribution in [0.25, 0.3) is 11.4 Å². The molecule has 4 nitrogen and oxygen atoms in total. The Hall–Kier alpha value is -1.75. The number of nitrogens with two attached hydrogens (primary N) is 1. The maximum Gasteiger partial charge on any atom is 0.267 e. The van der Waals surface area contributed by atoms with Crippen molar-refractivity contribution in [3.8, 4) is 11.4 Å². The van der Waals surface area contributed by atoms with Gasteiger partial charge in [0.15, 0.2) is 0 Å². The molecule has 0 aliphatic heterocycles. The molecule has 0 aliphatic rings. The van der Waals surface area contributed by atoms with E-state index in [1.807, 2.05) is 5.38 Å². The number of carbonyl (C=O) groups excluding carboxylic acids is 1. The number of amides is 1. The van der Waals surface area contributed by atoms with Crippen molar-refractivity contribution in [3.05, 3.63) is 34.8 Å². The number of primary amides is 1. The van der Waals surface area contributed by atoms with Gasteiger partial charge in [-0.05, 0) is 12.1 Å². The van der Waals surface area contributed by atoms with E-state index in [2.05, 4.69) is 9.97 Å². The van der Waals surface area contributed by atoms with Gasteiger partial charge in [0, 0.05) is 5.38 Å². The summed E-state index contributed by atoms with van der Waals surface area (Å²) in [4.78, 5) is 19.0. The van der Waals surface area contributed by atoms with Gasteiger partial charge in [-0.3, -0.25) is 4.79 Å². The van der Waals surface area contributed by atoms with Crippen molar-refractivity contribution in [2.24, 2.45) is 5.73 Å². The van der Waals surface area contributed by atoms with Gasteiger partial charge in [-0.15, -0.1) is 11.3 Å². The van der Waals surface area contributed by atoms with Gasteiger partial charge in [0.2, 0.25) is 0 Å². The number of pyridine rings is 1. The average Bonchev–Trinajstić information content (AvgIpc) is 2.71. The van der Waals surface area contributed by atoms with E-state index >= 15 is 0 Å². The molecule has 0 saturated heterocycles. The number of thiazole rings is 1. The third kappa shape index (κ3) is 1.62. The normalized spacial score (nSPS) is 10.0. The minimum atomic E-state index is -0.526. The van der Waals surface area contributed by atoms with Crippen LogP contribution in [-0.2, 0) is 0 Å². The molecule has 0 bridgehead atoms. The molecule has 0 fully saturated rings. The Bertz CT molecular complexity index is 453. The molecule has 5 heteroatoms. The van der Waals surface area contributed by atoms with Gasteiger partial charge in [0.05, 0.1) is 16.9 Å². The lowest BCUT2D eigenvalue weighted by atomic mass is 10.2. The third-order valence-corrected chi connectivity index (χ3v) is 2.28. The Morgan fingerprint density at radius 2 is 2.21 bits per heavy atom. The summed E-state index contributed by atoms with van der Waals surface area (Å²) in [6, 6.07) is 5.11. The number of aromatic nitrogens is 2. The fourth-order valence-electron chi connectivity index (χ4n) is 1.05. The fraction of sp³-hybridized carbons (Fsp3) is 0. The molecule has 0 radical (unpaired) electrons. The molecule has 2 N–H and O–H groups in total. The molecular weight excluding hydrogens is 198 g/mol. The lowest BCUT2D eigenvalue weighted by Gasteiger charge is -1.97. The van der Waals surface area contributed by atoms with E-state index in [0.717, 1.165) is 5.69 Å². The molecule has 0 atom stereocenters. The molecule has 0 unspecified atom stereocenters. The second kappa shape index (κ2) is 3.55. The van der Waals surface area contributed by atoms with Crippen LogP contribution in [0.4, 0.5) is 0 Å². The van der Waals surface area contributed by atoms with Crippen LogP contribution in [0.2, 0.25) is 0 Å². The molecule has 2 rings (SSSR count). The average molecular weight is 205 g/mol. The van der Waals surface area contributed by atoms with E-state index in [0.29, 0.717) is 5.69 Å². The highest BCUT2D eigenvalue weighted by atomic mass is 32.1. The van der Waals surface area contributed by atoms with Crippen molar-refractivity contribution in [1.29, 1.82) is 0 Å². The van der Waals surface area contributed by atoms with Gasteiger partial charge in [-0.1, -0.05) is 6.07 Å². The summed E-state index contributed by atoms with van der Waals surface area (Å²) in [6.07, 6.45) is 0. The molecule has 2 aromatic heterocycles. The Kier molecular flexibility index (Phi) is 2.24. The molecular formula is C9H7N3OS. The first-order chi connectivity index (χ1) is 6.77. The van der Waals surface area contributed by atoms with Crippen LogP contribution in [0, 0.1) is 0 Å². The zero-order valence-corrected chi connectivity index (χ0v) is 7.99. The molecule has 0 aromatic carbocycles. The Balaban J connectivity index is 2.46. The Morgan fingerprint density at radius 3 is 2.86 bits per heavy atom. The van der Waals surface area contributed by atoms with Crippen LogP contribution in [0.5, 0.6) is 0 Å². The predicted octanol–water partition coefficient (Wildman–Crippen LogP) is 1.30. The van der Waals surface area contributed by atoms with Gasteiger partial charge in [0.25, 0.3) is 5.91 Å². The molecule has 2 aromatic rings.